The first-order chi connectivity index (χ1) is 10.3. The van der Waals surface area contributed by atoms with Gasteiger partial charge < -0.3 is 25.1 Å². The molecular formula is C14H21BrN4O3. The van der Waals surface area contributed by atoms with Gasteiger partial charge in [0.2, 0.25) is 0 Å². The standard InChI is InChI=1S/C14H21BrN4O3/c1-14(7-16-8-19(14)2)4-3-10(13(21)22)18-12(20)11-5-9(15)6-17-11/h5-6,10,16-17H,3-4,7-8H2,1-2H3,(H,18,20)(H,21,22)/t10-,14-/m0/s1. The van der Waals surface area contributed by atoms with Crippen molar-refractivity contribution in [2.45, 2.75) is 31.3 Å². The van der Waals surface area contributed by atoms with Crippen LogP contribution in [0.4, 0.5) is 0 Å². The first-order valence-electron chi connectivity index (χ1n) is 7.21. The molecule has 1 unspecified atom stereocenters. The maximum Gasteiger partial charge on any atom is 0.268 e. The predicted octanol–water partition coefficient (Wildman–Crippen LogP) is -1.76. The average molecular weight is 373 g/mol. The molecule has 8 heteroatoms. The number of H-pyrrole nitrogens is 1. The summed E-state index contributed by atoms with van der Waals surface area (Å²) >= 11 is 3.24. The first kappa shape index (κ1) is 17.0. The first-order valence-corrected chi connectivity index (χ1v) is 8.00. The molecule has 3 atom stereocenters. The largest absolute Gasteiger partial charge is 0.548 e. The molecular weight excluding hydrogens is 352 g/mol. The van der Waals surface area contributed by atoms with Crippen molar-refractivity contribution in [1.29, 1.82) is 0 Å². The summed E-state index contributed by atoms with van der Waals surface area (Å²) in [5, 5.41) is 17.1. The summed E-state index contributed by atoms with van der Waals surface area (Å²) < 4.78 is 0.734. The highest BCUT2D eigenvalue weighted by atomic mass is 79.9. The van der Waals surface area contributed by atoms with Gasteiger partial charge in [-0.05, 0) is 35.3 Å². The normalized spacial score (nSPS) is 25.9. The van der Waals surface area contributed by atoms with Crippen molar-refractivity contribution in [3.05, 3.63) is 22.4 Å². The van der Waals surface area contributed by atoms with Crippen LogP contribution in [0.5, 0.6) is 0 Å². The third kappa shape index (κ3) is 3.88. The van der Waals surface area contributed by atoms with Crippen LogP contribution < -0.4 is 20.6 Å². The number of carbonyl (C=O) groups is 2. The highest BCUT2D eigenvalue weighted by Gasteiger charge is 2.38. The van der Waals surface area contributed by atoms with Crippen molar-refractivity contribution in [3.8, 4) is 0 Å². The van der Waals surface area contributed by atoms with E-state index in [4.69, 9.17) is 0 Å². The van der Waals surface area contributed by atoms with Gasteiger partial charge in [0.25, 0.3) is 5.91 Å². The Morgan fingerprint density at radius 1 is 1.59 bits per heavy atom. The fourth-order valence-electron chi connectivity index (χ4n) is 2.64. The molecule has 1 amide bonds. The minimum atomic E-state index is -1.26. The molecule has 0 saturated carbocycles. The van der Waals surface area contributed by atoms with E-state index in [-0.39, 0.29) is 5.54 Å². The molecule has 1 fully saturated rings. The van der Waals surface area contributed by atoms with E-state index < -0.39 is 17.9 Å². The quantitative estimate of drug-likeness (QED) is 0.475. The van der Waals surface area contributed by atoms with Crippen molar-refractivity contribution in [1.82, 2.24) is 15.6 Å². The Bertz CT molecular complexity index is 562. The van der Waals surface area contributed by atoms with E-state index in [0.29, 0.717) is 18.5 Å². The Kier molecular flexibility index (Phi) is 5.25. The maximum atomic E-state index is 12.0. The molecule has 1 saturated heterocycles. The van der Waals surface area contributed by atoms with Crippen LogP contribution in [0.1, 0.15) is 30.3 Å². The molecule has 1 aromatic rings. The van der Waals surface area contributed by atoms with Crippen LogP contribution in [0, 0.1) is 0 Å². The summed E-state index contributed by atoms with van der Waals surface area (Å²) in [6.45, 7) is 3.80. The van der Waals surface area contributed by atoms with Gasteiger partial charge in [0.15, 0.2) is 0 Å². The molecule has 22 heavy (non-hydrogen) atoms. The van der Waals surface area contributed by atoms with Crippen molar-refractivity contribution in [2.75, 3.05) is 20.3 Å². The second-order valence-corrected chi connectivity index (χ2v) is 6.98. The molecule has 0 aromatic carbocycles. The zero-order chi connectivity index (χ0) is 16.3. The summed E-state index contributed by atoms with van der Waals surface area (Å²) in [4.78, 5) is 27.4. The summed E-state index contributed by atoms with van der Waals surface area (Å²) in [6, 6.07) is 0.599. The second kappa shape index (κ2) is 6.80. The van der Waals surface area contributed by atoms with Gasteiger partial charge >= 0.3 is 0 Å². The Labute approximate surface area is 137 Å². The number of carboxylic acids is 1. The van der Waals surface area contributed by atoms with Crippen molar-refractivity contribution in [2.24, 2.45) is 0 Å². The van der Waals surface area contributed by atoms with E-state index in [0.717, 1.165) is 17.7 Å². The lowest BCUT2D eigenvalue weighted by atomic mass is 9.93. The van der Waals surface area contributed by atoms with Crippen LogP contribution in [0.25, 0.3) is 0 Å². The third-order valence-corrected chi connectivity index (χ3v) is 4.86. The number of likely N-dealkylation sites (N-methyl/N-ethyl adjacent to an activating group) is 1. The van der Waals surface area contributed by atoms with Gasteiger partial charge in [-0.25, -0.2) is 0 Å². The second-order valence-electron chi connectivity index (χ2n) is 6.06. The predicted molar refractivity (Wildman–Crippen MR) is 82.1 cm³/mol. The molecule has 0 aliphatic carbocycles. The summed E-state index contributed by atoms with van der Waals surface area (Å²) in [6.07, 6.45) is 2.64. The Morgan fingerprint density at radius 3 is 2.82 bits per heavy atom. The third-order valence-electron chi connectivity index (χ3n) is 4.40. The SMILES string of the molecule is C[NH+]1CNC[C@]1(C)CC[C@H](NC(=O)c1cc(Br)c[nH]1)C(=O)[O-]. The minimum Gasteiger partial charge on any atom is -0.548 e. The molecule has 0 bridgehead atoms. The Hall–Kier alpha value is -1.38. The van der Waals surface area contributed by atoms with Crippen LogP contribution in [0.15, 0.2) is 16.7 Å². The van der Waals surface area contributed by atoms with Gasteiger partial charge in [0, 0.05) is 17.1 Å². The molecule has 1 aromatic heterocycles. The van der Waals surface area contributed by atoms with Gasteiger partial charge in [0.1, 0.15) is 17.9 Å². The lowest BCUT2D eigenvalue weighted by molar-refractivity contribution is -0.918. The molecule has 2 rings (SSSR count). The van der Waals surface area contributed by atoms with Crippen LogP contribution in [0.3, 0.4) is 0 Å². The number of carboxylic acid groups (broad SMARTS) is 1. The Morgan fingerprint density at radius 2 is 2.32 bits per heavy atom. The highest BCUT2D eigenvalue weighted by Crippen LogP contribution is 2.13. The number of hydrogen-bond acceptors (Lipinski definition) is 4. The molecule has 2 heterocycles. The number of hydrogen-bond donors (Lipinski definition) is 4. The van der Waals surface area contributed by atoms with E-state index in [1.54, 1.807) is 12.3 Å². The number of carbonyl (C=O) groups excluding carboxylic acids is 2. The summed E-state index contributed by atoms with van der Waals surface area (Å²) in [5.41, 5.74) is 0.281. The lowest BCUT2D eigenvalue weighted by Gasteiger charge is -2.30. The van der Waals surface area contributed by atoms with Gasteiger partial charge in [-0.2, -0.15) is 0 Å². The molecule has 122 valence electrons. The van der Waals surface area contributed by atoms with Gasteiger partial charge in [0.05, 0.1) is 25.6 Å². The fraction of sp³-hybridized carbons (Fsp3) is 0.571. The molecule has 4 N–H and O–H groups in total. The molecule has 7 nitrogen and oxygen atoms in total. The van der Waals surface area contributed by atoms with Crippen molar-refractivity contribution in [3.63, 3.8) is 0 Å². The van der Waals surface area contributed by atoms with E-state index in [1.807, 2.05) is 0 Å². The number of aromatic amines is 1. The van der Waals surface area contributed by atoms with Crippen molar-refractivity contribution < 1.29 is 19.6 Å². The zero-order valence-corrected chi connectivity index (χ0v) is 14.2. The van der Waals surface area contributed by atoms with Crippen LogP contribution in [0.2, 0.25) is 0 Å². The number of aromatic nitrogens is 1. The van der Waals surface area contributed by atoms with Crippen LogP contribution in [-0.2, 0) is 4.79 Å². The number of amides is 1. The van der Waals surface area contributed by atoms with E-state index in [1.165, 1.54) is 4.90 Å². The summed E-state index contributed by atoms with van der Waals surface area (Å²) in [5.74, 6) is -1.71. The van der Waals surface area contributed by atoms with Gasteiger partial charge in [-0.3, -0.25) is 10.1 Å². The maximum absolute atomic E-state index is 12.0. The molecule has 0 spiro atoms. The van der Waals surface area contributed by atoms with E-state index in [2.05, 4.69) is 45.5 Å². The van der Waals surface area contributed by atoms with Crippen LogP contribution in [-0.4, -0.2) is 48.7 Å². The minimum absolute atomic E-state index is 0.0338. The topological polar surface area (TPSA) is 101 Å². The molecule has 1 aliphatic heterocycles. The van der Waals surface area contributed by atoms with Gasteiger partial charge in [-0.15, -0.1) is 0 Å². The molecule has 0 radical (unpaired) electrons. The van der Waals surface area contributed by atoms with E-state index >= 15 is 0 Å². The highest BCUT2D eigenvalue weighted by molar-refractivity contribution is 9.10. The monoisotopic (exact) mass is 372 g/mol. The smallest absolute Gasteiger partial charge is 0.268 e. The zero-order valence-electron chi connectivity index (χ0n) is 12.7. The summed E-state index contributed by atoms with van der Waals surface area (Å²) in [7, 11) is 2.07. The molecule has 1 aliphatic rings. The van der Waals surface area contributed by atoms with Crippen molar-refractivity contribution >= 4 is 27.8 Å². The number of quaternary nitrogens is 1. The number of aliphatic carboxylic acids is 1. The number of rotatable bonds is 6. The van der Waals surface area contributed by atoms with Gasteiger partial charge in [-0.1, -0.05) is 0 Å². The number of halogens is 1. The fourth-order valence-corrected chi connectivity index (χ4v) is 2.98. The Balaban J connectivity index is 1.95. The van der Waals surface area contributed by atoms with E-state index in [9.17, 15) is 14.7 Å². The average Bonchev–Trinajstić information content (AvgIpc) is 3.02. The number of nitrogens with one attached hydrogen (secondary N) is 4. The lowest BCUT2D eigenvalue weighted by Crippen LogP contribution is -3.15. The van der Waals surface area contributed by atoms with Crippen LogP contribution >= 0.6 is 15.9 Å².